The number of nitrogens with one attached hydrogen (secondary N) is 2. The second kappa shape index (κ2) is 5.72. The second-order valence-electron chi connectivity index (χ2n) is 6.08. The average molecular weight is 321 g/mol. The number of hydrogen-bond acceptors (Lipinski definition) is 5. The van der Waals surface area contributed by atoms with Crippen LogP contribution in [0.2, 0.25) is 0 Å². The summed E-state index contributed by atoms with van der Waals surface area (Å²) in [6.45, 7) is 1.81. The van der Waals surface area contributed by atoms with Crippen molar-refractivity contribution >= 4 is 29.1 Å². The van der Waals surface area contributed by atoms with E-state index in [1.807, 2.05) is 13.0 Å². The van der Waals surface area contributed by atoms with Crippen molar-refractivity contribution < 1.29 is 19.5 Å². The summed E-state index contributed by atoms with van der Waals surface area (Å²) in [7, 11) is 0. The highest BCUT2D eigenvalue weighted by Crippen LogP contribution is 2.52. The van der Waals surface area contributed by atoms with Crippen LogP contribution in [0.5, 0.6) is 0 Å². The fourth-order valence-corrected chi connectivity index (χ4v) is 4.69. The summed E-state index contributed by atoms with van der Waals surface area (Å²) in [4.78, 5) is 36.1. The lowest BCUT2D eigenvalue weighted by Gasteiger charge is -2.30. The van der Waals surface area contributed by atoms with Gasteiger partial charge in [-0.1, -0.05) is 0 Å². The van der Waals surface area contributed by atoms with Gasteiger partial charge in [-0.05, 0) is 55.0 Å². The van der Waals surface area contributed by atoms with Gasteiger partial charge in [-0.2, -0.15) is 0 Å². The van der Waals surface area contributed by atoms with E-state index < -0.39 is 23.7 Å². The van der Waals surface area contributed by atoms with Crippen LogP contribution in [0.15, 0.2) is 11.4 Å². The number of aliphatic carboxylic acids is 1. The zero-order chi connectivity index (χ0) is 15.9. The summed E-state index contributed by atoms with van der Waals surface area (Å²) in [5.74, 6) is -3.20. The van der Waals surface area contributed by atoms with Crippen molar-refractivity contribution in [3.63, 3.8) is 0 Å². The molecule has 0 aliphatic heterocycles. The maximum absolute atomic E-state index is 12.3. The maximum atomic E-state index is 12.3. The molecule has 2 fully saturated rings. The molecule has 3 rings (SSSR count). The van der Waals surface area contributed by atoms with Gasteiger partial charge in [0.1, 0.15) is 0 Å². The van der Waals surface area contributed by atoms with Crippen molar-refractivity contribution in [2.24, 2.45) is 23.7 Å². The first-order valence-electron chi connectivity index (χ1n) is 7.34. The minimum Gasteiger partial charge on any atom is -0.550 e. The molecule has 2 aliphatic rings. The molecule has 1 aromatic rings. The van der Waals surface area contributed by atoms with Crippen molar-refractivity contribution in [2.75, 3.05) is 0 Å². The third-order valence-corrected chi connectivity index (χ3v) is 5.87. The van der Waals surface area contributed by atoms with Crippen LogP contribution >= 0.6 is 11.3 Å². The molecule has 7 heteroatoms. The zero-order valence-electron chi connectivity index (χ0n) is 12.1. The highest BCUT2D eigenvalue weighted by atomic mass is 32.1. The molecule has 1 aromatic heterocycles. The Bertz CT molecular complexity index is 627. The maximum Gasteiger partial charge on any atom is 0.280 e. The number of thiophene rings is 1. The number of rotatable bonds is 3. The van der Waals surface area contributed by atoms with E-state index in [1.54, 1.807) is 5.38 Å². The SMILES string of the molecule is Cc1ccsc1C(=O)NNC(=O)[C@H]1[C@@H]2CC[C@@H](C2)[C@@H]1C(=O)[O-]. The van der Waals surface area contributed by atoms with Gasteiger partial charge in [0.05, 0.1) is 10.8 Å². The van der Waals surface area contributed by atoms with Crippen molar-refractivity contribution in [1.29, 1.82) is 0 Å². The highest BCUT2D eigenvalue weighted by Gasteiger charge is 2.51. The fraction of sp³-hybridized carbons (Fsp3) is 0.533. The van der Waals surface area contributed by atoms with Crippen molar-refractivity contribution in [3.05, 3.63) is 21.9 Å². The van der Waals surface area contributed by atoms with Gasteiger partial charge in [0, 0.05) is 11.9 Å². The molecular weight excluding hydrogens is 304 g/mol. The Morgan fingerprint density at radius 1 is 1.18 bits per heavy atom. The van der Waals surface area contributed by atoms with Crippen LogP contribution in [-0.2, 0) is 9.59 Å². The number of fused-ring (bicyclic) bond motifs is 2. The molecule has 118 valence electrons. The van der Waals surface area contributed by atoms with Gasteiger partial charge in [-0.25, -0.2) is 0 Å². The van der Waals surface area contributed by atoms with Gasteiger partial charge in [-0.3, -0.25) is 20.4 Å². The van der Waals surface area contributed by atoms with Gasteiger partial charge in [-0.15, -0.1) is 11.3 Å². The normalized spacial score (nSPS) is 29.3. The average Bonchev–Trinajstić information content (AvgIpc) is 3.18. The molecule has 22 heavy (non-hydrogen) atoms. The summed E-state index contributed by atoms with van der Waals surface area (Å²) < 4.78 is 0. The second-order valence-corrected chi connectivity index (χ2v) is 7.00. The fourth-order valence-electron chi connectivity index (χ4n) is 3.87. The van der Waals surface area contributed by atoms with Crippen LogP contribution in [0.25, 0.3) is 0 Å². The Hall–Kier alpha value is -1.89. The van der Waals surface area contributed by atoms with Gasteiger partial charge < -0.3 is 9.90 Å². The first kappa shape index (κ1) is 15.0. The largest absolute Gasteiger partial charge is 0.550 e. The van der Waals surface area contributed by atoms with E-state index >= 15 is 0 Å². The van der Waals surface area contributed by atoms with Crippen molar-refractivity contribution in [3.8, 4) is 0 Å². The Balaban J connectivity index is 1.63. The minimum atomic E-state index is -1.16. The van der Waals surface area contributed by atoms with E-state index in [0.717, 1.165) is 24.8 Å². The van der Waals surface area contributed by atoms with E-state index in [0.29, 0.717) is 4.88 Å². The molecule has 2 N–H and O–H groups in total. The van der Waals surface area contributed by atoms with Gasteiger partial charge in [0.2, 0.25) is 5.91 Å². The van der Waals surface area contributed by atoms with Crippen LogP contribution in [-0.4, -0.2) is 17.8 Å². The molecule has 2 aliphatic carbocycles. The van der Waals surface area contributed by atoms with Crippen molar-refractivity contribution in [2.45, 2.75) is 26.2 Å². The monoisotopic (exact) mass is 321 g/mol. The van der Waals surface area contributed by atoms with Gasteiger partial charge in [0.25, 0.3) is 5.91 Å². The lowest BCUT2D eigenvalue weighted by atomic mass is 9.79. The number of hydrazine groups is 1. The smallest absolute Gasteiger partial charge is 0.280 e. The molecular formula is C15H17N2O4S-. The number of carboxylic acid groups (broad SMARTS) is 1. The van der Waals surface area contributed by atoms with Gasteiger partial charge >= 0.3 is 0 Å². The third-order valence-electron chi connectivity index (χ3n) is 4.86. The van der Waals surface area contributed by atoms with Crippen LogP contribution in [0.1, 0.15) is 34.5 Å². The number of carbonyl (C=O) groups is 3. The Labute approximate surface area is 131 Å². The first-order valence-corrected chi connectivity index (χ1v) is 8.22. The number of carboxylic acids is 1. The highest BCUT2D eigenvalue weighted by molar-refractivity contribution is 7.12. The summed E-state index contributed by atoms with van der Waals surface area (Å²) in [6, 6.07) is 1.82. The molecule has 6 nitrogen and oxygen atoms in total. The molecule has 0 unspecified atom stereocenters. The lowest BCUT2D eigenvalue weighted by Crippen LogP contribution is -2.50. The van der Waals surface area contributed by atoms with Crippen LogP contribution in [0.3, 0.4) is 0 Å². The molecule has 2 amide bonds. The molecule has 0 saturated heterocycles. The number of hydrogen-bond donors (Lipinski definition) is 2. The number of aryl methyl sites for hydroxylation is 1. The van der Waals surface area contributed by atoms with E-state index in [1.165, 1.54) is 11.3 Å². The van der Waals surface area contributed by atoms with E-state index in [4.69, 9.17) is 0 Å². The summed E-state index contributed by atoms with van der Waals surface area (Å²) in [6.07, 6.45) is 2.47. The third kappa shape index (κ3) is 2.49. The Morgan fingerprint density at radius 3 is 2.45 bits per heavy atom. The molecule has 0 aromatic carbocycles. The molecule has 4 atom stereocenters. The molecule has 2 bridgehead atoms. The van der Waals surface area contributed by atoms with Crippen LogP contribution in [0.4, 0.5) is 0 Å². The van der Waals surface area contributed by atoms with Crippen LogP contribution in [0, 0.1) is 30.6 Å². The van der Waals surface area contributed by atoms with E-state index in [9.17, 15) is 19.5 Å². The summed E-state index contributed by atoms with van der Waals surface area (Å²) >= 11 is 1.29. The zero-order valence-corrected chi connectivity index (χ0v) is 12.9. The lowest BCUT2D eigenvalue weighted by molar-refractivity contribution is -0.314. The Kier molecular flexibility index (Phi) is 3.90. The number of amides is 2. The van der Waals surface area contributed by atoms with Gasteiger partial charge in [0.15, 0.2) is 0 Å². The van der Waals surface area contributed by atoms with E-state index in [2.05, 4.69) is 10.9 Å². The molecule has 0 spiro atoms. The number of carbonyl (C=O) groups excluding carboxylic acids is 3. The minimum absolute atomic E-state index is 0.0287. The molecule has 1 heterocycles. The first-order chi connectivity index (χ1) is 10.5. The molecule has 2 saturated carbocycles. The topological polar surface area (TPSA) is 98.3 Å². The molecule has 0 radical (unpaired) electrons. The predicted molar refractivity (Wildman–Crippen MR) is 77.5 cm³/mol. The van der Waals surface area contributed by atoms with Crippen molar-refractivity contribution in [1.82, 2.24) is 10.9 Å². The Morgan fingerprint density at radius 2 is 1.86 bits per heavy atom. The standard InChI is InChI=1S/C15H18N2O4S/c1-7-4-5-22-12(7)14(19)17-16-13(18)10-8-2-3-9(6-8)11(10)15(20)21/h4-5,8-11H,2-3,6H2,1H3,(H,16,18)(H,17,19)(H,20,21)/p-1/t8-,9+,10+,11+/m1/s1. The summed E-state index contributed by atoms with van der Waals surface area (Å²) in [5.41, 5.74) is 5.60. The van der Waals surface area contributed by atoms with E-state index in [-0.39, 0.29) is 17.7 Å². The predicted octanol–water partition coefficient (Wildman–Crippen LogP) is 0.230. The summed E-state index contributed by atoms with van der Waals surface area (Å²) in [5, 5.41) is 13.1. The van der Waals surface area contributed by atoms with Crippen LogP contribution < -0.4 is 16.0 Å². The quantitative estimate of drug-likeness (QED) is 0.779.